The number of aryl methyl sites for hydroxylation is 2. The average Bonchev–Trinajstić information content (AvgIpc) is 3.46. The Labute approximate surface area is 219 Å². The van der Waals surface area contributed by atoms with Gasteiger partial charge in [-0.2, -0.15) is 14.1 Å². The lowest BCUT2D eigenvalue weighted by Crippen LogP contribution is -2.41. The summed E-state index contributed by atoms with van der Waals surface area (Å²) in [5.74, 6) is 0.0888. The summed E-state index contributed by atoms with van der Waals surface area (Å²) in [4.78, 5) is 17.9. The van der Waals surface area contributed by atoms with Gasteiger partial charge in [-0.15, -0.1) is 0 Å². The molecule has 1 amide bonds. The van der Waals surface area contributed by atoms with E-state index in [1.807, 2.05) is 32.9 Å². The zero-order chi connectivity index (χ0) is 25.6. The van der Waals surface area contributed by atoms with Crippen molar-refractivity contribution in [2.75, 3.05) is 11.9 Å². The number of sulfonamides is 1. The first-order chi connectivity index (χ1) is 17.1. The molecule has 4 aromatic rings. The fourth-order valence-electron chi connectivity index (χ4n) is 4.45. The van der Waals surface area contributed by atoms with Crippen molar-refractivity contribution in [3.63, 3.8) is 0 Å². The molecule has 0 radical (unpaired) electrons. The number of amides is 1. The number of thiazole rings is 1. The second-order valence-electron chi connectivity index (χ2n) is 9.06. The molecule has 5 rings (SSSR count). The number of nitrogens with zero attached hydrogens (tertiary/aromatic N) is 4. The molecule has 1 N–H and O–H groups in total. The van der Waals surface area contributed by atoms with Gasteiger partial charge in [-0.25, -0.2) is 13.4 Å². The lowest BCUT2D eigenvalue weighted by atomic mass is 10.1. The minimum atomic E-state index is -3.60. The Balaban J connectivity index is 1.40. The molecule has 0 saturated carbocycles. The van der Waals surface area contributed by atoms with Crippen LogP contribution in [-0.2, 0) is 10.0 Å². The van der Waals surface area contributed by atoms with Gasteiger partial charge in [0.15, 0.2) is 0 Å². The van der Waals surface area contributed by atoms with E-state index in [2.05, 4.69) is 10.4 Å². The number of hydrogen-bond donors (Lipinski definition) is 1. The molecule has 0 spiro atoms. The molecule has 1 fully saturated rings. The van der Waals surface area contributed by atoms with E-state index in [1.54, 1.807) is 15.1 Å². The summed E-state index contributed by atoms with van der Waals surface area (Å²) in [6.45, 7) is 6.25. The van der Waals surface area contributed by atoms with Crippen LogP contribution in [0.4, 0.5) is 5.82 Å². The summed E-state index contributed by atoms with van der Waals surface area (Å²) in [5.41, 5.74) is 2.85. The van der Waals surface area contributed by atoms with E-state index in [4.69, 9.17) is 16.6 Å². The molecule has 3 heterocycles. The van der Waals surface area contributed by atoms with Crippen LogP contribution in [0.25, 0.3) is 15.3 Å². The van der Waals surface area contributed by atoms with Gasteiger partial charge >= 0.3 is 0 Å². The molecule has 36 heavy (non-hydrogen) atoms. The fourth-order valence-corrected chi connectivity index (χ4v) is 7.43. The summed E-state index contributed by atoms with van der Waals surface area (Å²) in [7, 11) is -3.60. The minimum absolute atomic E-state index is 0.0311. The van der Waals surface area contributed by atoms with E-state index >= 15 is 0 Å². The zero-order valence-electron chi connectivity index (χ0n) is 20.2. The van der Waals surface area contributed by atoms with Crippen LogP contribution in [-0.4, -0.2) is 46.0 Å². The van der Waals surface area contributed by atoms with Crippen LogP contribution < -0.4 is 5.32 Å². The van der Waals surface area contributed by atoms with Gasteiger partial charge in [-0.3, -0.25) is 4.79 Å². The predicted octanol–water partition coefficient (Wildman–Crippen LogP) is 5.57. The quantitative estimate of drug-likeness (QED) is 0.355. The Bertz CT molecular complexity index is 1520. The first kappa shape index (κ1) is 24.9. The molecule has 1 aliphatic heterocycles. The lowest BCUT2D eigenvalue weighted by Gasteiger charge is -2.32. The van der Waals surface area contributed by atoms with E-state index in [1.165, 1.54) is 35.6 Å². The van der Waals surface area contributed by atoms with Crippen molar-refractivity contribution < 1.29 is 13.2 Å². The van der Waals surface area contributed by atoms with Crippen LogP contribution in [0.2, 0.25) is 5.02 Å². The van der Waals surface area contributed by atoms with E-state index < -0.39 is 10.0 Å². The molecule has 1 aliphatic rings. The van der Waals surface area contributed by atoms with Gasteiger partial charge in [0.1, 0.15) is 5.82 Å². The lowest BCUT2D eigenvalue weighted by molar-refractivity contribution is 0.102. The van der Waals surface area contributed by atoms with E-state index in [0.29, 0.717) is 33.8 Å². The number of aromatic nitrogens is 3. The van der Waals surface area contributed by atoms with Gasteiger partial charge in [0.2, 0.25) is 15.2 Å². The molecule has 2 aromatic carbocycles. The summed E-state index contributed by atoms with van der Waals surface area (Å²) >= 11 is 7.76. The van der Waals surface area contributed by atoms with E-state index in [0.717, 1.165) is 35.0 Å². The highest BCUT2D eigenvalue weighted by atomic mass is 35.5. The summed E-state index contributed by atoms with van der Waals surface area (Å²) in [5, 5.41) is 8.59. The summed E-state index contributed by atoms with van der Waals surface area (Å²) in [6, 6.07) is 11.5. The molecule has 1 saturated heterocycles. The van der Waals surface area contributed by atoms with Gasteiger partial charge < -0.3 is 5.32 Å². The number of nitrogens with one attached hydrogen (secondary N) is 1. The maximum absolute atomic E-state index is 13.1. The molecule has 1 unspecified atom stereocenters. The number of carbonyl (C=O) groups excluding carboxylic acids is 1. The molecular formula is C25H26ClN5O3S2. The van der Waals surface area contributed by atoms with Gasteiger partial charge in [-0.1, -0.05) is 35.4 Å². The van der Waals surface area contributed by atoms with Crippen LogP contribution in [0.15, 0.2) is 47.4 Å². The molecule has 0 bridgehead atoms. The number of rotatable bonds is 5. The number of fused-ring (bicyclic) bond motifs is 1. The largest absolute Gasteiger partial charge is 0.306 e. The number of benzene rings is 2. The van der Waals surface area contributed by atoms with Crippen molar-refractivity contribution >= 4 is 54.9 Å². The monoisotopic (exact) mass is 543 g/mol. The van der Waals surface area contributed by atoms with Gasteiger partial charge in [0.05, 0.1) is 25.8 Å². The smallest absolute Gasteiger partial charge is 0.256 e. The second-order valence-corrected chi connectivity index (χ2v) is 12.3. The highest BCUT2D eigenvalue weighted by molar-refractivity contribution is 7.89. The third kappa shape index (κ3) is 4.54. The molecule has 188 valence electrons. The number of carbonyl (C=O) groups is 1. The first-order valence-corrected chi connectivity index (χ1v) is 14.3. The molecule has 11 heteroatoms. The Hall–Kier alpha value is -2.79. The van der Waals surface area contributed by atoms with Crippen LogP contribution in [0.5, 0.6) is 0 Å². The Morgan fingerprint density at radius 2 is 1.89 bits per heavy atom. The SMILES string of the molecule is Cc1cc(NC(=O)c2ccc(S(=O)(=O)N3CCCCC3C)cc2)n(-c2nc3c(C)ccc(Cl)c3s2)n1. The van der Waals surface area contributed by atoms with Gasteiger partial charge in [0.25, 0.3) is 5.91 Å². The van der Waals surface area contributed by atoms with Crippen molar-refractivity contribution in [1.82, 2.24) is 19.1 Å². The first-order valence-electron chi connectivity index (χ1n) is 11.7. The van der Waals surface area contributed by atoms with Gasteiger partial charge in [0, 0.05) is 24.2 Å². The normalized spacial score (nSPS) is 16.9. The Morgan fingerprint density at radius 3 is 2.58 bits per heavy atom. The highest BCUT2D eigenvalue weighted by Crippen LogP contribution is 2.34. The maximum Gasteiger partial charge on any atom is 0.256 e. The number of anilines is 1. The van der Waals surface area contributed by atoms with Crippen molar-refractivity contribution in [3.05, 3.63) is 64.3 Å². The number of piperidine rings is 1. The predicted molar refractivity (Wildman–Crippen MR) is 143 cm³/mol. The van der Waals surface area contributed by atoms with Crippen LogP contribution >= 0.6 is 22.9 Å². The maximum atomic E-state index is 13.1. The van der Waals surface area contributed by atoms with Crippen molar-refractivity contribution in [1.29, 1.82) is 0 Å². The van der Waals surface area contributed by atoms with Gasteiger partial charge in [-0.05, 0) is 69.5 Å². The molecule has 0 aliphatic carbocycles. The number of hydrogen-bond acceptors (Lipinski definition) is 6. The van der Waals surface area contributed by atoms with Crippen molar-refractivity contribution in [2.45, 2.75) is 51.0 Å². The van der Waals surface area contributed by atoms with Crippen molar-refractivity contribution in [3.8, 4) is 5.13 Å². The highest BCUT2D eigenvalue weighted by Gasteiger charge is 2.31. The third-order valence-electron chi connectivity index (χ3n) is 6.41. The second kappa shape index (κ2) is 9.59. The standard InChI is InChI=1S/C25H26ClN5O3S2/c1-15-7-12-20(26)23-22(15)28-25(35-23)31-21(14-16(2)29-31)27-24(32)18-8-10-19(11-9-18)36(33,34)30-13-5-4-6-17(30)3/h7-12,14,17H,4-6,13H2,1-3H3,(H,27,32). The third-order valence-corrected chi connectivity index (χ3v) is 9.92. The molecular weight excluding hydrogens is 518 g/mol. The van der Waals surface area contributed by atoms with Crippen LogP contribution in [0.3, 0.4) is 0 Å². The zero-order valence-corrected chi connectivity index (χ0v) is 22.5. The van der Waals surface area contributed by atoms with Crippen LogP contribution in [0.1, 0.15) is 47.8 Å². The Morgan fingerprint density at radius 1 is 1.14 bits per heavy atom. The fraction of sp³-hybridized carbons (Fsp3) is 0.320. The topological polar surface area (TPSA) is 97.2 Å². The average molecular weight is 544 g/mol. The molecule has 2 aromatic heterocycles. The number of halogens is 1. The van der Waals surface area contributed by atoms with E-state index in [9.17, 15) is 13.2 Å². The molecule has 8 nitrogen and oxygen atoms in total. The van der Waals surface area contributed by atoms with Crippen molar-refractivity contribution in [2.24, 2.45) is 0 Å². The summed E-state index contributed by atoms with van der Waals surface area (Å²) in [6.07, 6.45) is 2.75. The van der Waals surface area contributed by atoms with Crippen LogP contribution in [0, 0.1) is 13.8 Å². The minimum Gasteiger partial charge on any atom is -0.306 e. The Kier molecular flexibility index (Phi) is 6.63. The van der Waals surface area contributed by atoms with E-state index in [-0.39, 0.29) is 16.8 Å². The summed E-state index contributed by atoms with van der Waals surface area (Å²) < 4.78 is 30.2. The molecule has 1 atom stereocenters.